The maximum atomic E-state index is 12.7. The number of likely N-dealkylation sites (N-methyl/N-ethyl adjacent to an activating group) is 1. The van der Waals surface area contributed by atoms with E-state index in [9.17, 15) is 18.0 Å². The van der Waals surface area contributed by atoms with Crippen molar-refractivity contribution in [3.63, 3.8) is 0 Å². The number of amides is 2. The molecular formula is C20H23N3O5S. The van der Waals surface area contributed by atoms with Gasteiger partial charge < -0.3 is 14.5 Å². The second-order valence-corrected chi connectivity index (χ2v) is 8.43. The molecular weight excluding hydrogens is 394 g/mol. The molecule has 0 radical (unpaired) electrons. The number of sulfonamides is 1. The van der Waals surface area contributed by atoms with Gasteiger partial charge in [-0.1, -0.05) is 24.3 Å². The van der Waals surface area contributed by atoms with E-state index in [4.69, 9.17) is 9.88 Å². The fourth-order valence-corrected chi connectivity index (χ4v) is 3.74. The van der Waals surface area contributed by atoms with Crippen LogP contribution in [0, 0.1) is 5.92 Å². The van der Waals surface area contributed by atoms with Gasteiger partial charge in [0.25, 0.3) is 0 Å². The summed E-state index contributed by atoms with van der Waals surface area (Å²) in [6.45, 7) is 0.919. The number of hydrogen-bond acceptors (Lipinski definition) is 5. The number of benzene rings is 2. The third kappa shape index (κ3) is 5.12. The van der Waals surface area contributed by atoms with E-state index in [2.05, 4.69) is 0 Å². The lowest BCUT2D eigenvalue weighted by Crippen LogP contribution is -2.37. The van der Waals surface area contributed by atoms with Crippen LogP contribution >= 0.6 is 0 Å². The van der Waals surface area contributed by atoms with Crippen molar-refractivity contribution in [3.05, 3.63) is 54.6 Å². The SMILES string of the molecule is CN(CCOc1ccccc1)C(=O)[C@@H]1CC(=O)N(c2cccc(S(N)(=O)=O)c2)C1. The summed E-state index contributed by atoms with van der Waals surface area (Å²) in [4.78, 5) is 28.0. The van der Waals surface area contributed by atoms with Crippen LogP contribution in [0.1, 0.15) is 6.42 Å². The van der Waals surface area contributed by atoms with Gasteiger partial charge in [-0.2, -0.15) is 0 Å². The fraction of sp³-hybridized carbons (Fsp3) is 0.300. The predicted octanol–water partition coefficient (Wildman–Crippen LogP) is 1.22. The topological polar surface area (TPSA) is 110 Å². The summed E-state index contributed by atoms with van der Waals surface area (Å²) in [6, 6.07) is 15.2. The van der Waals surface area contributed by atoms with Gasteiger partial charge in [0.05, 0.1) is 17.4 Å². The minimum atomic E-state index is -3.88. The van der Waals surface area contributed by atoms with Gasteiger partial charge in [0, 0.05) is 25.7 Å². The number of primary sulfonamides is 1. The second-order valence-electron chi connectivity index (χ2n) is 6.87. The predicted molar refractivity (Wildman–Crippen MR) is 108 cm³/mol. The number of hydrogen-bond donors (Lipinski definition) is 1. The number of carbonyl (C=O) groups excluding carboxylic acids is 2. The van der Waals surface area contributed by atoms with Crippen LogP contribution in [-0.4, -0.2) is 51.9 Å². The van der Waals surface area contributed by atoms with Crippen LogP contribution in [0.4, 0.5) is 5.69 Å². The summed E-state index contributed by atoms with van der Waals surface area (Å²) >= 11 is 0. The molecule has 8 nitrogen and oxygen atoms in total. The van der Waals surface area contributed by atoms with E-state index >= 15 is 0 Å². The van der Waals surface area contributed by atoms with E-state index in [0.29, 0.717) is 18.8 Å². The Labute approximate surface area is 169 Å². The monoisotopic (exact) mass is 417 g/mol. The first-order valence-electron chi connectivity index (χ1n) is 9.12. The first-order chi connectivity index (χ1) is 13.8. The third-order valence-electron chi connectivity index (χ3n) is 4.75. The highest BCUT2D eigenvalue weighted by atomic mass is 32.2. The Hall–Kier alpha value is -2.91. The van der Waals surface area contributed by atoms with Crippen molar-refractivity contribution in [2.75, 3.05) is 31.6 Å². The molecule has 29 heavy (non-hydrogen) atoms. The van der Waals surface area contributed by atoms with Gasteiger partial charge in [-0.15, -0.1) is 0 Å². The third-order valence-corrected chi connectivity index (χ3v) is 5.66. The van der Waals surface area contributed by atoms with Crippen LogP contribution in [0.5, 0.6) is 5.75 Å². The van der Waals surface area contributed by atoms with Crippen LogP contribution in [0.15, 0.2) is 59.5 Å². The zero-order valence-electron chi connectivity index (χ0n) is 16.0. The standard InChI is InChI=1S/C20H23N3O5S/c1-22(10-11-28-17-7-3-2-4-8-17)20(25)15-12-19(24)23(14-15)16-6-5-9-18(13-16)29(21,26)27/h2-9,13,15H,10-12,14H2,1H3,(H2,21,26,27)/t15-/m1/s1. The largest absolute Gasteiger partial charge is 0.492 e. The Morgan fingerprint density at radius 1 is 1.21 bits per heavy atom. The molecule has 0 unspecified atom stereocenters. The summed E-state index contributed by atoms with van der Waals surface area (Å²) in [6.07, 6.45) is 0.0717. The van der Waals surface area contributed by atoms with E-state index in [1.54, 1.807) is 18.0 Å². The summed E-state index contributed by atoms with van der Waals surface area (Å²) in [5.74, 6) is -0.156. The van der Waals surface area contributed by atoms with E-state index in [1.165, 1.54) is 23.1 Å². The normalized spacial score (nSPS) is 16.7. The molecule has 1 atom stereocenters. The van der Waals surface area contributed by atoms with Crippen LogP contribution in [0.3, 0.4) is 0 Å². The number of nitrogens with two attached hydrogens (primary N) is 1. The minimum absolute atomic E-state index is 0.0717. The van der Waals surface area contributed by atoms with Crippen LogP contribution in [0.2, 0.25) is 0 Å². The molecule has 2 aromatic rings. The molecule has 0 aliphatic carbocycles. The number of ether oxygens (including phenoxy) is 1. The van der Waals surface area contributed by atoms with Crippen molar-refractivity contribution in [1.82, 2.24) is 4.90 Å². The lowest BCUT2D eigenvalue weighted by atomic mass is 10.1. The van der Waals surface area contributed by atoms with Gasteiger partial charge in [0.15, 0.2) is 0 Å². The average Bonchev–Trinajstić information content (AvgIpc) is 3.09. The average molecular weight is 417 g/mol. The molecule has 154 valence electrons. The van der Waals surface area contributed by atoms with Crippen molar-refractivity contribution in [2.24, 2.45) is 11.1 Å². The summed E-state index contributed by atoms with van der Waals surface area (Å²) in [7, 11) is -2.20. The van der Waals surface area contributed by atoms with Crippen molar-refractivity contribution in [1.29, 1.82) is 0 Å². The molecule has 0 bridgehead atoms. The highest BCUT2D eigenvalue weighted by Crippen LogP contribution is 2.27. The van der Waals surface area contributed by atoms with Gasteiger partial charge in [0.1, 0.15) is 12.4 Å². The Morgan fingerprint density at radius 3 is 2.62 bits per heavy atom. The highest BCUT2D eigenvalue weighted by molar-refractivity contribution is 7.89. The van der Waals surface area contributed by atoms with Gasteiger partial charge in [-0.05, 0) is 30.3 Å². The molecule has 0 spiro atoms. The van der Waals surface area contributed by atoms with Gasteiger partial charge in [0.2, 0.25) is 21.8 Å². The lowest BCUT2D eigenvalue weighted by molar-refractivity contribution is -0.134. The van der Waals surface area contributed by atoms with Crippen LogP contribution < -0.4 is 14.8 Å². The molecule has 1 aliphatic heterocycles. The Balaban J connectivity index is 1.60. The van der Waals surface area contributed by atoms with Crippen molar-refractivity contribution in [3.8, 4) is 5.75 Å². The molecule has 0 saturated carbocycles. The second kappa shape index (κ2) is 8.62. The first-order valence-corrected chi connectivity index (χ1v) is 10.7. The van der Waals surface area contributed by atoms with Gasteiger partial charge in [-0.25, -0.2) is 13.6 Å². The minimum Gasteiger partial charge on any atom is -0.492 e. The van der Waals surface area contributed by atoms with Crippen molar-refractivity contribution < 1.29 is 22.7 Å². The molecule has 2 aromatic carbocycles. The Bertz CT molecular complexity index is 994. The van der Waals surface area contributed by atoms with Crippen molar-refractivity contribution >= 4 is 27.5 Å². The smallest absolute Gasteiger partial charge is 0.238 e. The molecule has 9 heteroatoms. The van der Waals surface area contributed by atoms with Crippen LogP contribution in [0.25, 0.3) is 0 Å². The molecule has 2 amide bonds. The number of anilines is 1. The zero-order chi connectivity index (χ0) is 21.0. The van der Waals surface area contributed by atoms with E-state index < -0.39 is 15.9 Å². The van der Waals surface area contributed by atoms with Crippen molar-refractivity contribution in [2.45, 2.75) is 11.3 Å². The number of carbonyl (C=O) groups is 2. The maximum absolute atomic E-state index is 12.7. The Morgan fingerprint density at radius 2 is 1.93 bits per heavy atom. The lowest BCUT2D eigenvalue weighted by Gasteiger charge is -2.21. The molecule has 1 saturated heterocycles. The van der Waals surface area contributed by atoms with E-state index in [1.807, 2.05) is 30.3 Å². The quantitative estimate of drug-likeness (QED) is 0.728. The molecule has 3 rings (SSSR count). The van der Waals surface area contributed by atoms with E-state index in [0.717, 1.165) is 5.75 Å². The molecule has 1 heterocycles. The van der Waals surface area contributed by atoms with Gasteiger partial charge in [-0.3, -0.25) is 9.59 Å². The van der Waals surface area contributed by atoms with E-state index in [-0.39, 0.29) is 29.7 Å². The number of para-hydroxylation sites is 1. The number of nitrogens with zero attached hydrogens (tertiary/aromatic N) is 2. The van der Waals surface area contributed by atoms with Gasteiger partial charge >= 0.3 is 0 Å². The summed E-state index contributed by atoms with van der Waals surface area (Å²) < 4.78 is 28.7. The Kier molecular flexibility index (Phi) is 6.19. The zero-order valence-corrected chi connectivity index (χ0v) is 16.8. The molecule has 2 N–H and O–H groups in total. The molecule has 0 aromatic heterocycles. The summed E-state index contributed by atoms with van der Waals surface area (Å²) in [5, 5.41) is 5.16. The molecule has 1 fully saturated rings. The highest BCUT2D eigenvalue weighted by Gasteiger charge is 2.36. The maximum Gasteiger partial charge on any atom is 0.238 e. The fourth-order valence-electron chi connectivity index (χ4n) is 3.19. The first kappa shape index (κ1) is 20.8. The number of rotatable bonds is 7. The molecule has 1 aliphatic rings. The van der Waals surface area contributed by atoms with Crippen LogP contribution in [-0.2, 0) is 19.6 Å². The summed E-state index contributed by atoms with van der Waals surface area (Å²) in [5.41, 5.74) is 0.409.